The quantitative estimate of drug-likeness (QED) is 0.243. The number of fused-ring (bicyclic) bond motifs is 3. The fourth-order valence-electron chi connectivity index (χ4n) is 7.33. The van der Waals surface area contributed by atoms with Crippen molar-refractivity contribution in [3.05, 3.63) is 59.5 Å². The fraction of sp³-hybridized carbons (Fsp3) is 0.528. The molecule has 256 valence electrons. The number of piperidine rings is 1. The molecule has 3 aliphatic heterocycles. The van der Waals surface area contributed by atoms with Gasteiger partial charge in [-0.3, -0.25) is 4.79 Å². The second-order valence-corrected chi connectivity index (χ2v) is 13.2. The second-order valence-electron chi connectivity index (χ2n) is 13.2. The molecule has 3 N–H and O–H groups in total. The second kappa shape index (κ2) is 15.4. The number of nitrogens with one attached hydrogen (secondary N) is 2. The summed E-state index contributed by atoms with van der Waals surface area (Å²) >= 11 is 0. The Morgan fingerprint density at radius 2 is 1.77 bits per heavy atom. The number of carbonyl (C=O) groups excluding carboxylic acids is 1. The maximum atomic E-state index is 10.3. The maximum Gasteiger partial charge on any atom is 0.293 e. The van der Waals surface area contributed by atoms with Gasteiger partial charge in [0.2, 0.25) is 5.95 Å². The van der Waals surface area contributed by atoms with E-state index in [0.29, 0.717) is 35.7 Å². The van der Waals surface area contributed by atoms with Crippen LogP contribution in [-0.2, 0) is 27.2 Å². The van der Waals surface area contributed by atoms with E-state index in [0.717, 1.165) is 49.1 Å². The molecule has 0 unspecified atom stereocenters. The average Bonchev–Trinajstić information content (AvgIpc) is 3.46. The minimum absolute atomic E-state index is 0.207. The average molecular weight is 657 g/mol. The van der Waals surface area contributed by atoms with E-state index < -0.39 is 0 Å². The van der Waals surface area contributed by atoms with Crippen molar-refractivity contribution in [2.45, 2.75) is 64.5 Å². The Kier molecular flexibility index (Phi) is 10.8. The van der Waals surface area contributed by atoms with E-state index >= 15 is 0 Å². The van der Waals surface area contributed by atoms with Gasteiger partial charge in [-0.15, -0.1) is 10.2 Å². The first kappa shape index (κ1) is 33.8. The Hall–Kier alpha value is -4.13. The van der Waals surface area contributed by atoms with Crippen LogP contribution in [0.5, 0.6) is 5.75 Å². The number of H-pyrrole nitrogens is 1. The lowest BCUT2D eigenvalue weighted by atomic mass is 9.61. The number of hydrogen-bond acceptors (Lipinski definition) is 11. The molecule has 1 saturated carbocycles. The normalized spacial score (nSPS) is 18.9. The summed E-state index contributed by atoms with van der Waals surface area (Å²) in [7, 11) is 1.68. The van der Waals surface area contributed by atoms with Crippen molar-refractivity contribution in [1.29, 1.82) is 0 Å². The van der Waals surface area contributed by atoms with E-state index in [-0.39, 0.29) is 5.75 Å². The van der Waals surface area contributed by atoms with Crippen molar-refractivity contribution >= 4 is 23.5 Å². The van der Waals surface area contributed by atoms with Gasteiger partial charge in [0, 0.05) is 87.0 Å². The molecule has 0 atom stereocenters. The molecule has 0 amide bonds. The molecule has 0 radical (unpaired) electrons. The van der Waals surface area contributed by atoms with Gasteiger partial charge in [0.05, 0.1) is 12.3 Å². The van der Waals surface area contributed by atoms with E-state index in [1.54, 1.807) is 20.1 Å². The van der Waals surface area contributed by atoms with Crippen LogP contribution in [0.25, 0.3) is 22.3 Å². The molecule has 0 bridgehead atoms. The summed E-state index contributed by atoms with van der Waals surface area (Å²) in [6, 6.07) is 10.1. The number of aromatic amines is 1. The maximum absolute atomic E-state index is 10.3. The molecule has 3 fully saturated rings. The Bertz CT molecular complexity index is 1640. The van der Waals surface area contributed by atoms with E-state index in [2.05, 4.69) is 52.2 Å². The number of phenolic OH excluding ortho intramolecular Hbond substituents is 1. The van der Waals surface area contributed by atoms with E-state index in [1.165, 1.54) is 68.7 Å². The summed E-state index contributed by atoms with van der Waals surface area (Å²) in [6.07, 6.45) is 10.2. The molecule has 4 aliphatic rings. The number of methoxy groups -OCH3 is 1. The van der Waals surface area contributed by atoms with Crippen LogP contribution in [0.2, 0.25) is 0 Å². The molecule has 12 heteroatoms. The first-order chi connectivity index (χ1) is 23.5. The molecule has 8 rings (SSSR count). The monoisotopic (exact) mass is 656 g/mol. The van der Waals surface area contributed by atoms with Gasteiger partial charge < -0.3 is 34.7 Å². The predicted octanol–water partition coefficient (Wildman–Crippen LogP) is 4.45. The van der Waals surface area contributed by atoms with Crippen LogP contribution in [-0.4, -0.2) is 101 Å². The highest BCUT2D eigenvalue weighted by atomic mass is 16.5. The lowest BCUT2D eigenvalue weighted by Crippen LogP contribution is -2.65. The van der Waals surface area contributed by atoms with Gasteiger partial charge in [-0.05, 0) is 87.7 Å². The first-order valence-electron chi connectivity index (χ1n) is 17.2. The van der Waals surface area contributed by atoms with Crippen LogP contribution < -0.4 is 10.2 Å². The van der Waals surface area contributed by atoms with E-state index in [1.807, 2.05) is 31.2 Å². The van der Waals surface area contributed by atoms with Crippen molar-refractivity contribution in [2.75, 3.05) is 57.9 Å². The van der Waals surface area contributed by atoms with Crippen molar-refractivity contribution in [2.24, 2.45) is 5.41 Å². The third kappa shape index (κ3) is 7.30. The third-order valence-electron chi connectivity index (χ3n) is 10.2. The van der Waals surface area contributed by atoms with Crippen LogP contribution in [0.4, 0.5) is 5.95 Å². The van der Waals surface area contributed by atoms with Crippen molar-refractivity contribution in [1.82, 2.24) is 35.4 Å². The van der Waals surface area contributed by atoms with Gasteiger partial charge in [-0.25, -0.2) is 9.97 Å². The van der Waals surface area contributed by atoms with Crippen molar-refractivity contribution in [3.8, 4) is 17.0 Å². The number of aromatic hydroxyl groups is 1. The molecular weight excluding hydrogens is 608 g/mol. The highest BCUT2D eigenvalue weighted by molar-refractivity contribution is 5.85. The topological polar surface area (TPSA) is 142 Å². The minimum atomic E-state index is 0.207. The summed E-state index contributed by atoms with van der Waals surface area (Å²) in [4.78, 5) is 27.3. The Labute approximate surface area is 282 Å². The summed E-state index contributed by atoms with van der Waals surface area (Å²) in [5.41, 5.74) is 6.46. The highest BCUT2D eigenvalue weighted by Crippen LogP contribution is 2.47. The summed E-state index contributed by atoms with van der Waals surface area (Å²) in [5.74, 6) is 1.55. The van der Waals surface area contributed by atoms with Crippen molar-refractivity contribution in [3.63, 3.8) is 0 Å². The molecule has 2 saturated heterocycles. The van der Waals surface area contributed by atoms with Gasteiger partial charge in [0.1, 0.15) is 5.75 Å². The lowest BCUT2D eigenvalue weighted by molar-refractivity contribution is -0.128. The molecule has 1 spiro atoms. The number of likely N-dealkylation sites (tertiary alicyclic amines) is 1. The molecule has 48 heavy (non-hydrogen) atoms. The summed E-state index contributed by atoms with van der Waals surface area (Å²) in [6.45, 7) is 11.9. The van der Waals surface area contributed by atoms with Crippen LogP contribution in [0.3, 0.4) is 0 Å². The van der Waals surface area contributed by atoms with Crippen LogP contribution in [0.1, 0.15) is 62.3 Å². The number of anilines is 1. The van der Waals surface area contributed by atoms with Gasteiger partial charge in [0.25, 0.3) is 6.47 Å². The van der Waals surface area contributed by atoms with Gasteiger partial charge in [-0.2, -0.15) is 0 Å². The zero-order valence-corrected chi connectivity index (χ0v) is 28.3. The lowest BCUT2D eigenvalue weighted by Gasteiger charge is -2.58. The van der Waals surface area contributed by atoms with Crippen LogP contribution >= 0.6 is 0 Å². The highest BCUT2D eigenvalue weighted by Gasteiger charge is 2.50. The first-order valence-corrected chi connectivity index (χ1v) is 17.2. The van der Waals surface area contributed by atoms with Crippen molar-refractivity contribution < 1.29 is 19.4 Å². The number of hydrogen-bond donors (Lipinski definition) is 3. The smallest absolute Gasteiger partial charge is 0.293 e. The molecule has 1 aliphatic carbocycles. The molecule has 1 aromatic carbocycles. The largest absolute Gasteiger partial charge is 0.507 e. The SMILES string of the molecule is CCOC.CCOC=O.Oc1ccccc1-c1cc2c3c([nH]c2nn1)CCN(c1ncc(C2CCN(C4CC5(CNC5)C4)CC2)cn1)C3. The zero-order valence-electron chi connectivity index (χ0n) is 28.3. The standard InChI is InChI=1S/C30H34N8O.C3H6O2.C3H8O/c39-27-4-2-1-3-22(27)26-11-23-24-16-38(10-7-25(24)34-28(23)36-35-26)29-32-14-20(15-33-29)19-5-8-37(9-6-19)21-12-30(13-21)17-31-18-30;1-2-5-3-4;1-3-4-2/h1-4,11,14-15,19,21,31,39H,5-10,12-13,16-18H2,(H,34,36);3H,2H2,1H3;3H2,1-2H3. The number of aromatic nitrogens is 5. The summed E-state index contributed by atoms with van der Waals surface area (Å²) < 4.78 is 8.69. The fourth-order valence-corrected chi connectivity index (χ4v) is 7.33. The Balaban J connectivity index is 0.000000399. The number of para-hydroxylation sites is 1. The number of phenols is 1. The van der Waals surface area contributed by atoms with Gasteiger partial charge in [0.15, 0.2) is 5.65 Å². The molecule has 12 nitrogen and oxygen atoms in total. The Morgan fingerprint density at radius 3 is 2.38 bits per heavy atom. The molecule has 3 aromatic heterocycles. The molecular formula is C36H48N8O4. The third-order valence-corrected chi connectivity index (χ3v) is 10.2. The number of benzene rings is 1. The van der Waals surface area contributed by atoms with E-state index in [9.17, 15) is 9.90 Å². The molecule has 6 heterocycles. The number of nitrogens with zero attached hydrogens (tertiary/aromatic N) is 6. The van der Waals surface area contributed by atoms with E-state index in [4.69, 9.17) is 9.97 Å². The summed E-state index contributed by atoms with van der Waals surface area (Å²) in [5, 5.41) is 23.6. The van der Waals surface area contributed by atoms with Crippen LogP contribution in [0, 0.1) is 5.41 Å². The zero-order chi connectivity index (χ0) is 33.5. The van der Waals surface area contributed by atoms with Crippen LogP contribution in [0.15, 0.2) is 42.7 Å². The number of rotatable bonds is 7. The Morgan fingerprint density at radius 1 is 1.04 bits per heavy atom. The molecule has 4 aromatic rings. The van der Waals surface area contributed by atoms with Gasteiger partial charge in [-0.1, -0.05) is 12.1 Å². The minimum Gasteiger partial charge on any atom is -0.507 e. The number of ether oxygens (including phenoxy) is 2. The number of carbonyl (C=O) groups is 1. The predicted molar refractivity (Wildman–Crippen MR) is 185 cm³/mol. The van der Waals surface area contributed by atoms with Gasteiger partial charge >= 0.3 is 0 Å².